The van der Waals surface area contributed by atoms with Crippen LogP contribution in [0.2, 0.25) is 25.1 Å². The third-order valence-corrected chi connectivity index (χ3v) is 38.0. The molecule has 1 aliphatic carbocycles. The normalized spacial score (nSPS) is 12.9. The molecule has 1 aliphatic rings. The van der Waals surface area contributed by atoms with Gasteiger partial charge < -0.3 is 25.0 Å². The number of hydrogen-bond donors (Lipinski definition) is 5. The molecule has 137 heavy (non-hydrogen) atoms. The summed E-state index contributed by atoms with van der Waals surface area (Å²) >= 11 is 31.8. The quantitative estimate of drug-likeness (QED) is 0.0319. The molecule has 13 aromatic rings. The first-order valence-electron chi connectivity index (χ1n) is 42.9. The summed E-state index contributed by atoms with van der Waals surface area (Å²) in [6.45, 7) is 21.3. The van der Waals surface area contributed by atoms with Gasteiger partial charge in [-0.05, 0) is 236 Å². The summed E-state index contributed by atoms with van der Waals surface area (Å²) in [6.07, 6.45) is 8.26. The molecular formula is C97H104Cl5N11O17S7. The number of thiazole rings is 2. The monoisotopic (exact) mass is 2090 g/mol. The number of hydrogen-bond acceptors (Lipinski definition) is 24. The lowest BCUT2D eigenvalue weighted by molar-refractivity contribution is -0.118. The second-order valence-electron chi connectivity index (χ2n) is 34.1. The highest BCUT2D eigenvalue weighted by Gasteiger charge is 2.48. The summed E-state index contributed by atoms with van der Waals surface area (Å²) in [4.78, 5) is 74.3. The Morgan fingerprint density at radius 1 is 0.423 bits per heavy atom. The third kappa shape index (κ3) is 24.9. The van der Waals surface area contributed by atoms with Gasteiger partial charge in [-0.1, -0.05) is 199 Å². The average Bonchev–Trinajstić information content (AvgIpc) is 1.79. The Labute approximate surface area is 831 Å². The minimum atomic E-state index is -3.98. The number of carbonyl (C=O) groups excluding carboxylic acids is 5. The maximum absolute atomic E-state index is 13.1. The van der Waals surface area contributed by atoms with Crippen LogP contribution in [0.4, 0.5) is 27.8 Å². The fraction of sp³-hybridized carbons (Fsp3) is 0.299. The Kier molecular flexibility index (Phi) is 35.5. The molecule has 14 rings (SSSR count). The number of aryl methyl sites for hydroxylation is 4. The summed E-state index contributed by atoms with van der Waals surface area (Å²) in [5, 5.41) is 30.3. The largest absolute Gasteiger partial charge is 0.338 e. The van der Waals surface area contributed by atoms with Crippen molar-refractivity contribution in [3.05, 3.63) is 276 Å². The van der Waals surface area contributed by atoms with E-state index in [4.69, 9.17) is 67.1 Å². The molecule has 5 N–H and O–H groups in total. The van der Waals surface area contributed by atoms with Crippen molar-refractivity contribution in [3.8, 4) is 33.6 Å². The highest BCUT2D eigenvalue weighted by Crippen LogP contribution is 2.41. The third-order valence-electron chi connectivity index (χ3n) is 22.8. The van der Waals surface area contributed by atoms with Crippen LogP contribution in [0.5, 0.6) is 0 Å². The van der Waals surface area contributed by atoms with E-state index >= 15 is 0 Å². The summed E-state index contributed by atoms with van der Waals surface area (Å²) in [7, 11) is -17.9. The van der Waals surface area contributed by atoms with Gasteiger partial charge in [0.1, 0.15) is 29.6 Å². The maximum Gasteiger partial charge on any atom is 0.248 e. The second kappa shape index (κ2) is 45.0. The van der Waals surface area contributed by atoms with Crippen LogP contribution in [0.25, 0.3) is 33.6 Å². The summed E-state index contributed by atoms with van der Waals surface area (Å²) < 4.78 is 133. The lowest BCUT2D eigenvalue weighted by Crippen LogP contribution is -2.44. The molecule has 40 heteroatoms. The van der Waals surface area contributed by atoms with Crippen molar-refractivity contribution in [2.75, 3.05) is 26.6 Å². The molecule has 5 aromatic heterocycles. The second-order valence-corrected chi connectivity index (χ2v) is 50.7. The van der Waals surface area contributed by atoms with Crippen molar-refractivity contribution >= 4 is 187 Å². The van der Waals surface area contributed by atoms with Gasteiger partial charge in [0.25, 0.3) is 0 Å². The number of carbonyl (C=O) groups is 5. The van der Waals surface area contributed by atoms with Crippen molar-refractivity contribution in [1.29, 1.82) is 0 Å². The van der Waals surface area contributed by atoms with E-state index in [1.54, 1.807) is 24.7 Å². The highest BCUT2D eigenvalue weighted by molar-refractivity contribution is 7.95. The van der Waals surface area contributed by atoms with E-state index in [1.807, 2.05) is 117 Å². The number of anilines is 5. The summed E-state index contributed by atoms with van der Waals surface area (Å²) in [5.74, 6) is -2.17. The van der Waals surface area contributed by atoms with Gasteiger partial charge >= 0.3 is 0 Å². The minimum Gasteiger partial charge on any atom is -0.338 e. The fourth-order valence-corrected chi connectivity index (χ4v) is 22.9. The Bertz CT molecular complexity index is 7080. The molecule has 0 bridgehead atoms. The molecule has 0 atom stereocenters. The van der Waals surface area contributed by atoms with E-state index in [0.29, 0.717) is 70.5 Å². The van der Waals surface area contributed by atoms with Crippen molar-refractivity contribution < 1.29 is 75.1 Å². The van der Waals surface area contributed by atoms with E-state index < -0.39 is 102 Å². The Hall–Kier alpha value is -10.8. The van der Waals surface area contributed by atoms with Gasteiger partial charge in [0.2, 0.25) is 41.3 Å². The number of rotatable bonds is 27. The van der Waals surface area contributed by atoms with E-state index in [-0.39, 0.29) is 36.2 Å². The molecule has 0 unspecified atom stereocenters. The molecule has 1 saturated carbocycles. The molecule has 28 nitrogen and oxygen atoms in total. The highest BCUT2D eigenvalue weighted by atomic mass is 35.5. The fourth-order valence-electron chi connectivity index (χ4n) is 13.6. The first kappa shape index (κ1) is 108. The van der Waals surface area contributed by atoms with E-state index in [1.165, 1.54) is 233 Å². The minimum absolute atomic E-state index is 0.00841. The number of benzene rings is 8. The van der Waals surface area contributed by atoms with Crippen LogP contribution < -0.4 is 26.6 Å². The number of aromatic nitrogens is 6. The predicted molar refractivity (Wildman–Crippen MR) is 542 cm³/mol. The van der Waals surface area contributed by atoms with Crippen molar-refractivity contribution in [2.24, 2.45) is 7.05 Å². The zero-order valence-corrected chi connectivity index (χ0v) is 87.0. The lowest BCUT2D eigenvalue weighted by Gasteiger charge is -2.24. The molecule has 5 amide bonds. The molecule has 0 spiro atoms. The van der Waals surface area contributed by atoms with Crippen LogP contribution in [0, 0.1) is 13.8 Å². The van der Waals surface area contributed by atoms with E-state index in [9.17, 15) is 66.1 Å². The smallest absolute Gasteiger partial charge is 0.248 e. The molecular weight excluding hydrogens is 1990 g/mol. The summed E-state index contributed by atoms with van der Waals surface area (Å²) in [6, 6.07) is 58.9. The van der Waals surface area contributed by atoms with Crippen LogP contribution >= 0.6 is 80.7 Å². The van der Waals surface area contributed by atoms with E-state index in [2.05, 4.69) is 52.0 Å². The standard InChI is InChI=1S/C21H22ClN3O3S.C21H21ClN2O3S2.C20H19ClN2O4S.C19H23ClN2O3S2.C16H19ClN2O4S/c1-14-18(15-8-6-5-7-9-15)24-25(4)19(14)23-20(26)21(2,3)29(27,28)17-12-10-16(22)11-13-17;1-4-17-18(14-8-6-5-7-9-14)23-20(28-17)24-19(25)21(2,3)29(26,27)16-12-10-15(22)11-13-16;1-13-17(14-7-5-4-6-8-14)18(27-23-13)22-19(24)20(2,3)28(25,26)16-11-9-15(21)10-12-16;1-19(2,27(24,25)15-10-8-14(20)9-11-15)17(23)22-18-21-16(12-26-18)13-6-4-3-5-7-13;1-4-5-12-10-14(23-19-12)18-15(20)16(2,3)24(21,22)13-8-6-11(17)7-9-13/h5-13H,1-4H3,(H,23,26);5-13H,4H2,1-3H3,(H,23,24,25);4-12H,1-3H3,(H,22,24);8-13H,3-7H2,1-2H3,(H,21,22,23);6-10H,4-5H2,1-3H3,(H,18,20). The average molecular weight is 2100 g/mol. The molecule has 0 saturated heterocycles. The van der Waals surface area contributed by atoms with Gasteiger partial charge in [-0.15, -0.1) is 22.7 Å². The van der Waals surface area contributed by atoms with Gasteiger partial charge in [-0.25, -0.2) is 52.1 Å². The molecule has 1 fully saturated rings. The van der Waals surface area contributed by atoms with Gasteiger partial charge in [0.05, 0.1) is 58.5 Å². The van der Waals surface area contributed by atoms with Gasteiger partial charge in [-0.2, -0.15) is 5.10 Å². The maximum atomic E-state index is 13.1. The first-order valence-corrected chi connectivity index (χ1v) is 53.9. The zero-order chi connectivity index (χ0) is 101. The Morgan fingerprint density at radius 3 is 1.15 bits per heavy atom. The van der Waals surface area contributed by atoms with Gasteiger partial charge in [-0.3, -0.25) is 39.3 Å². The van der Waals surface area contributed by atoms with Crippen LogP contribution in [-0.4, -0.2) is 125 Å². The number of amides is 5. The number of nitrogens with zero attached hydrogens (tertiary/aromatic N) is 6. The topological polar surface area (TPSA) is 412 Å². The van der Waals surface area contributed by atoms with E-state index in [0.717, 1.165) is 69.9 Å². The van der Waals surface area contributed by atoms with Crippen LogP contribution in [-0.2, 0) is 93.0 Å². The molecule has 0 aliphatic heterocycles. The molecule has 5 heterocycles. The zero-order valence-electron chi connectivity index (χ0n) is 77.5. The number of halogens is 5. The first-order chi connectivity index (χ1) is 64.3. The van der Waals surface area contributed by atoms with Crippen molar-refractivity contribution in [1.82, 2.24) is 30.1 Å². The molecule has 8 aromatic carbocycles. The van der Waals surface area contributed by atoms with Crippen molar-refractivity contribution in [2.45, 2.75) is 202 Å². The molecule has 726 valence electrons. The molecule has 0 radical (unpaired) electrons. The lowest BCUT2D eigenvalue weighted by atomic mass is 9.87. The predicted octanol–water partition coefficient (Wildman–Crippen LogP) is 22.5. The van der Waals surface area contributed by atoms with Crippen molar-refractivity contribution in [3.63, 3.8) is 0 Å². The Balaban J connectivity index is 0.000000177. The van der Waals surface area contributed by atoms with Gasteiger partial charge in [0, 0.05) is 71.1 Å². The van der Waals surface area contributed by atoms with Crippen LogP contribution in [0.3, 0.4) is 0 Å². The summed E-state index contributed by atoms with van der Waals surface area (Å²) in [5.41, 5.74) is 7.83. The SMILES string of the molecule is CC(C)(C(=O)Nc1nc(C2CCCCC2)cs1)S(=O)(=O)c1ccc(Cl)cc1.CCCc1cc(NC(=O)C(C)(C)S(=O)(=O)c2ccc(Cl)cc2)on1.CCc1sc(NC(=O)C(C)(C)S(=O)(=O)c2ccc(Cl)cc2)nc1-c1ccccc1.Cc1c(-c2ccccc2)nn(C)c1NC(=O)C(C)(C)S(=O)(=O)c1ccc(Cl)cc1.Cc1noc(NC(=O)C(C)(C)S(=O)(=O)c2ccc(Cl)cc2)c1-c1ccccc1. The Morgan fingerprint density at radius 2 is 0.774 bits per heavy atom. The number of nitrogens with one attached hydrogen (secondary N) is 5. The van der Waals surface area contributed by atoms with Crippen LogP contribution in [0.1, 0.15) is 155 Å². The van der Waals surface area contributed by atoms with Gasteiger partial charge in [0.15, 0.2) is 59.4 Å². The number of sulfone groups is 5. The van der Waals surface area contributed by atoms with Crippen LogP contribution in [0.15, 0.2) is 257 Å².